The Morgan fingerprint density at radius 3 is 1.26 bits per heavy atom. The van der Waals surface area contributed by atoms with Gasteiger partial charge in [0.25, 0.3) is 0 Å². The van der Waals surface area contributed by atoms with E-state index in [4.69, 9.17) is 9.47 Å². The van der Waals surface area contributed by atoms with Gasteiger partial charge in [-0.05, 0) is 82.8 Å². The fourth-order valence-corrected chi connectivity index (χ4v) is 6.03. The normalized spacial score (nSPS) is 24.0. The van der Waals surface area contributed by atoms with Gasteiger partial charge in [-0.1, -0.05) is 20.1 Å². The molecule has 202 valence electrons. The first kappa shape index (κ1) is 31.4. The summed E-state index contributed by atoms with van der Waals surface area (Å²) in [7, 11) is 2.14. The number of rotatable bonds is 5. The smallest absolute Gasteiger partial charge is 0.333 e. The molecule has 0 aromatic heterocycles. The molecule has 0 radical (unpaired) electrons. The molecule has 2 rings (SSSR count). The molecule has 0 N–H and O–H groups in total. The molecule has 35 heavy (non-hydrogen) atoms. The van der Waals surface area contributed by atoms with Gasteiger partial charge >= 0.3 is 11.9 Å². The van der Waals surface area contributed by atoms with Gasteiger partial charge in [-0.15, -0.1) is 0 Å². The molecule has 2 aliphatic heterocycles. The van der Waals surface area contributed by atoms with E-state index in [-0.39, 0.29) is 46.3 Å². The zero-order valence-electron chi connectivity index (χ0n) is 24.6. The van der Waals surface area contributed by atoms with E-state index < -0.39 is 0 Å². The predicted octanol–water partition coefficient (Wildman–Crippen LogP) is 5.90. The monoisotopic (exact) mass is 492 g/mol. The lowest BCUT2D eigenvalue weighted by molar-refractivity contribution is -0.156. The molecule has 0 aliphatic carbocycles. The van der Waals surface area contributed by atoms with Crippen LogP contribution in [0.15, 0.2) is 24.3 Å². The minimum atomic E-state index is -0.272. The van der Waals surface area contributed by atoms with E-state index in [0.29, 0.717) is 11.1 Å². The Bertz CT molecular complexity index is 773. The van der Waals surface area contributed by atoms with Gasteiger partial charge < -0.3 is 9.47 Å². The average Bonchev–Trinajstić information content (AvgIpc) is 2.64. The summed E-state index contributed by atoms with van der Waals surface area (Å²) < 4.78 is 11.1. The van der Waals surface area contributed by atoms with Crippen LogP contribution >= 0.6 is 0 Å². The number of nitrogens with zero attached hydrogens (tertiary/aromatic N) is 2. The molecule has 6 heteroatoms. The van der Waals surface area contributed by atoms with Crippen molar-refractivity contribution in [3.8, 4) is 0 Å². The van der Waals surface area contributed by atoms with Gasteiger partial charge in [-0.3, -0.25) is 9.80 Å². The maximum Gasteiger partial charge on any atom is 0.333 e. The second kappa shape index (κ2) is 11.2. The standard InChI is InChI=1S/C15H27NO2.C14H25NO2/c1-8-16-14(4,5)9-12(10-15(16,6)7)18-13(17)11(2)3;1-10(2)12(16)17-11-8-13(3,4)15(7)14(5,6)9-11/h12H,2,8-10H2,1,3-7H3;11H,1,8-9H2,2-7H3. The van der Waals surface area contributed by atoms with Crippen molar-refractivity contribution in [3.05, 3.63) is 24.3 Å². The first-order chi connectivity index (χ1) is 15.7. The van der Waals surface area contributed by atoms with Crippen LogP contribution in [-0.4, -0.2) is 69.7 Å². The van der Waals surface area contributed by atoms with E-state index in [1.54, 1.807) is 13.8 Å². The average molecular weight is 493 g/mol. The van der Waals surface area contributed by atoms with Crippen LogP contribution in [0.5, 0.6) is 0 Å². The number of hydrogen-bond donors (Lipinski definition) is 0. The fraction of sp³-hybridized carbons (Fsp3) is 0.793. The van der Waals surface area contributed by atoms with Gasteiger partial charge in [0, 0.05) is 59.0 Å². The fourth-order valence-electron chi connectivity index (χ4n) is 6.03. The number of esters is 2. The molecule has 0 amide bonds. The Morgan fingerprint density at radius 1 is 0.714 bits per heavy atom. The van der Waals surface area contributed by atoms with Crippen LogP contribution in [0.25, 0.3) is 0 Å². The van der Waals surface area contributed by atoms with Gasteiger partial charge in [-0.25, -0.2) is 9.59 Å². The third kappa shape index (κ3) is 8.18. The third-order valence-electron chi connectivity index (χ3n) is 7.75. The summed E-state index contributed by atoms with van der Waals surface area (Å²) in [6.45, 7) is 31.5. The molecule has 2 heterocycles. The summed E-state index contributed by atoms with van der Waals surface area (Å²) in [6, 6.07) is 0. The largest absolute Gasteiger partial charge is 0.459 e. The summed E-state index contributed by atoms with van der Waals surface area (Å²) in [6.07, 6.45) is 3.46. The first-order valence-corrected chi connectivity index (χ1v) is 12.9. The second-order valence-electron chi connectivity index (χ2n) is 13.0. The van der Waals surface area contributed by atoms with Gasteiger partial charge in [0.1, 0.15) is 12.2 Å². The molecule has 0 saturated carbocycles. The minimum absolute atomic E-state index is 0.0120. The van der Waals surface area contributed by atoms with E-state index in [1.807, 2.05) is 0 Å². The Kier molecular flexibility index (Phi) is 10.0. The summed E-state index contributed by atoms with van der Waals surface area (Å²) in [5.74, 6) is -0.539. The van der Waals surface area contributed by atoms with Crippen LogP contribution in [0.1, 0.15) is 102 Å². The van der Waals surface area contributed by atoms with Crippen molar-refractivity contribution in [1.82, 2.24) is 9.80 Å². The summed E-state index contributed by atoms with van der Waals surface area (Å²) in [4.78, 5) is 28.1. The molecular formula is C29H52N2O4. The molecule has 0 bridgehead atoms. The van der Waals surface area contributed by atoms with Crippen LogP contribution in [0.2, 0.25) is 0 Å². The maximum atomic E-state index is 11.6. The lowest BCUT2D eigenvalue weighted by Crippen LogP contribution is -2.62. The Labute approximate surface area is 215 Å². The molecule has 2 fully saturated rings. The SMILES string of the molecule is C=C(C)C(=O)OC1CC(C)(C)N(C)C(C)(C)C1.C=C(C)C(=O)OC1CC(C)(C)N(CC)C(C)(C)C1. The van der Waals surface area contributed by atoms with Crippen molar-refractivity contribution >= 4 is 11.9 Å². The number of hydrogen-bond acceptors (Lipinski definition) is 6. The van der Waals surface area contributed by atoms with Crippen molar-refractivity contribution < 1.29 is 19.1 Å². The molecule has 2 saturated heterocycles. The molecule has 6 nitrogen and oxygen atoms in total. The van der Waals surface area contributed by atoms with E-state index in [0.717, 1.165) is 32.2 Å². The Balaban J connectivity index is 0.000000351. The van der Waals surface area contributed by atoms with Crippen molar-refractivity contribution in [1.29, 1.82) is 0 Å². The maximum absolute atomic E-state index is 11.6. The lowest BCUT2D eigenvalue weighted by atomic mass is 9.78. The highest BCUT2D eigenvalue weighted by molar-refractivity contribution is 5.87. The summed E-state index contributed by atoms with van der Waals surface area (Å²) in [5.41, 5.74) is 1.14. The number of ether oxygens (including phenoxy) is 2. The van der Waals surface area contributed by atoms with Crippen LogP contribution < -0.4 is 0 Å². The van der Waals surface area contributed by atoms with E-state index in [9.17, 15) is 9.59 Å². The highest BCUT2D eigenvalue weighted by Gasteiger charge is 2.46. The van der Waals surface area contributed by atoms with Crippen molar-refractivity contribution in [2.24, 2.45) is 0 Å². The number of likely N-dealkylation sites (tertiary alicyclic amines) is 2. The molecule has 0 unspecified atom stereocenters. The van der Waals surface area contributed by atoms with E-state index >= 15 is 0 Å². The summed E-state index contributed by atoms with van der Waals surface area (Å²) in [5, 5.41) is 0. The topological polar surface area (TPSA) is 59.1 Å². The molecule has 0 aromatic rings. The number of carbonyl (C=O) groups excluding carboxylic acids is 2. The summed E-state index contributed by atoms with van der Waals surface area (Å²) >= 11 is 0. The van der Waals surface area contributed by atoms with E-state index in [1.165, 1.54) is 0 Å². The number of piperidine rings is 2. The molecule has 0 aromatic carbocycles. The van der Waals surface area contributed by atoms with Gasteiger partial charge in [0.2, 0.25) is 0 Å². The highest BCUT2D eigenvalue weighted by atomic mass is 16.5. The lowest BCUT2D eigenvalue weighted by Gasteiger charge is -2.54. The third-order valence-corrected chi connectivity index (χ3v) is 7.75. The van der Waals surface area contributed by atoms with Crippen LogP contribution in [0, 0.1) is 0 Å². The second-order valence-corrected chi connectivity index (χ2v) is 13.0. The molecular weight excluding hydrogens is 440 g/mol. The highest BCUT2D eigenvalue weighted by Crippen LogP contribution is 2.40. The van der Waals surface area contributed by atoms with Crippen LogP contribution in [0.4, 0.5) is 0 Å². The minimum Gasteiger partial charge on any atom is -0.459 e. The Morgan fingerprint density at radius 2 is 1.00 bits per heavy atom. The van der Waals surface area contributed by atoms with Gasteiger partial charge in [0.15, 0.2) is 0 Å². The molecule has 0 atom stereocenters. The van der Waals surface area contributed by atoms with Crippen LogP contribution in [-0.2, 0) is 19.1 Å². The van der Waals surface area contributed by atoms with Crippen LogP contribution in [0.3, 0.4) is 0 Å². The quantitative estimate of drug-likeness (QED) is 0.351. The van der Waals surface area contributed by atoms with Gasteiger partial charge in [0.05, 0.1) is 0 Å². The van der Waals surface area contributed by atoms with Crippen molar-refractivity contribution in [2.75, 3.05) is 13.6 Å². The first-order valence-electron chi connectivity index (χ1n) is 12.9. The van der Waals surface area contributed by atoms with E-state index in [2.05, 4.69) is 92.3 Å². The molecule has 2 aliphatic rings. The molecule has 0 spiro atoms. The van der Waals surface area contributed by atoms with Crippen molar-refractivity contribution in [2.45, 2.75) is 136 Å². The van der Waals surface area contributed by atoms with Gasteiger partial charge in [-0.2, -0.15) is 0 Å². The predicted molar refractivity (Wildman–Crippen MR) is 144 cm³/mol. The van der Waals surface area contributed by atoms with Crippen molar-refractivity contribution in [3.63, 3.8) is 0 Å². The number of carbonyl (C=O) groups is 2. The Hall–Kier alpha value is -1.66. The zero-order valence-corrected chi connectivity index (χ0v) is 24.6. The zero-order chi connectivity index (χ0) is 27.6.